The number of carbonyl (C=O) groups is 1. The summed E-state index contributed by atoms with van der Waals surface area (Å²) in [5, 5.41) is 0. The molecule has 0 atom stereocenters. The van der Waals surface area contributed by atoms with Gasteiger partial charge in [-0.05, 0) is 56.9 Å². The van der Waals surface area contributed by atoms with Crippen molar-refractivity contribution in [1.29, 1.82) is 0 Å². The average Bonchev–Trinajstić information content (AvgIpc) is 2.60. The van der Waals surface area contributed by atoms with Crippen LogP contribution < -0.4 is 9.47 Å². The second-order valence-electron chi connectivity index (χ2n) is 7.97. The van der Waals surface area contributed by atoms with Crippen molar-refractivity contribution >= 4 is 5.97 Å². The van der Waals surface area contributed by atoms with E-state index in [0.29, 0.717) is 17.7 Å². The zero-order valence-corrected chi connectivity index (χ0v) is 17.1. The number of ether oxygens (including phenoxy) is 2. The molecule has 0 unspecified atom stereocenters. The molecule has 0 amide bonds. The third-order valence-corrected chi connectivity index (χ3v) is 5.09. The Kier molecular flexibility index (Phi) is 5.65. The number of carbonyl (C=O) groups excluding carboxylic acids is 1. The first-order valence-electron chi connectivity index (χ1n) is 9.79. The van der Waals surface area contributed by atoms with Gasteiger partial charge in [-0.25, -0.2) is 4.79 Å². The van der Waals surface area contributed by atoms with Crippen LogP contribution in [0.3, 0.4) is 0 Å². The van der Waals surface area contributed by atoms with Gasteiger partial charge in [0.15, 0.2) is 0 Å². The molecule has 0 N–H and O–H groups in total. The van der Waals surface area contributed by atoms with Crippen LogP contribution in [-0.4, -0.2) is 12.1 Å². The number of aryl methyl sites for hydroxylation is 2. The van der Waals surface area contributed by atoms with E-state index < -0.39 is 17.7 Å². The molecule has 2 aromatic carbocycles. The summed E-state index contributed by atoms with van der Waals surface area (Å²) >= 11 is 0. The van der Waals surface area contributed by atoms with E-state index in [1.54, 1.807) is 0 Å². The van der Waals surface area contributed by atoms with Crippen molar-refractivity contribution in [3.8, 4) is 22.6 Å². The maximum Gasteiger partial charge on any atom is 0.491 e. The van der Waals surface area contributed by atoms with Crippen molar-refractivity contribution in [1.82, 2.24) is 0 Å². The first kappa shape index (κ1) is 21.2. The van der Waals surface area contributed by atoms with E-state index in [2.05, 4.69) is 6.92 Å². The molecule has 29 heavy (non-hydrogen) atoms. The number of esters is 1. The zero-order valence-electron chi connectivity index (χ0n) is 17.1. The fourth-order valence-corrected chi connectivity index (χ4v) is 3.67. The lowest BCUT2D eigenvalue weighted by Crippen LogP contribution is -2.31. The van der Waals surface area contributed by atoms with E-state index in [9.17, 15) is 18.0 Å². The van der Waals surface area contributed by atoms with Crippen LogP contribution >= 0.6 is 0 Å². The van der Waals surface area contributed by atoms with Crippen molar-refractivity contribution in [2.45, 2.75) is 65.2 Å². The molecule has 0 bridgehead atoms. The number of hydrogen-bond acceptors (Lipinski definition) is 3. The SMILES string of the molecule is CCCCCc1cc(OC(=O)C(F)(F)F)c2c(c1)OC(C)(C)c1ccc(C)cc1-2. The fourth-order valence-electron chi connectivity index (χ4n) is 3.67. The summed E-state index contributed by atoms with van der Waals surface area (Å²) in [5.74, 6) is -1.91. The molecule has 0 aromatic heterocycles. The van der Waals surface area contributed by atoms with Crippen LogP contribution in [0.4, 0.5) is 13.2 Å². The van der Waals surface area contributed by atoms with Gasteiger partial charge in [0, 0.05) is 5.56 Å². The Labute approximate surface area is 168 Å². The van der Waals surface area contributed by atoms with Gasteiger partial charge in [-0.15, -0.1) is 0 Å². The van der Waals surface area contributed by atoms with Crippen molar-refractivity contribution in [3.63, 3.8) is 0 Å². The van der Waals surface area contributed by atoms with Crippen LogP contribution in [0.15, 0.2) is 30.3 Å². The molecule has 6 heteroatoms. The Morgan fingerprint density at radius 3 is 2.52 bits per heavy atom. The molecule has 1 aliphatic rings. The van der Waals surface area contributed by atoms with Gasteiger partial charge < -0.3 is 9.47 Å². The highest BCUT2D eigenvalue weighted by molar-refractivity contribution is 5.86. The van der Waals surface area contributed by atoms with E-state index in [-0.39, 0.29) is 5.75 Å². The number of benzene rings is 2. The first-order valence-corrected chi connectivity index (χ1v) is 9.79. The lowest BCUT2D eigenvalue weighted by Gasteiger charge is -2.36. The molecular weight excluding hydrogens is 381 g/mol. The van der Waals surface area contributed by atoms with Crippen LogP contribution in [0.25, 0.3) is 11.1 Å². The summed E-state index contributed by atoms with van der Waals surface area (Å²) < 4.78 is 49.7. The van der Waals surface area contributed by atoms with Gasteiger partial charge in [-0.2, -0.15) is 13.2 Å². The van der Waals surface area contributed by atoms with Gasteiger partial charge in [0.1, 0.15) is 17.1 Å². The van der Waals surface area contributed by atoms with Crippen LogP contribution in [-0.2, 0) is 16.8 Å². The fraction of sp³-hybridized carbons (Fsp3) is 0.435. The molecule has 3 nitrogen and oxygen atoms in total. The zero-order chi connectivity index (χ0) is 21.4. The largest absolute Gasteiger partial charge is 0.491 e. The molecule has 0 radical (unpaired) electrons. The number of fused-ring (bicyclic) bond motifs is 3. The van der Waals surface area contributed by atoms with Gasteiger partial charge in [0.25, 0.3) is 0 Å². The lowest BCUT2D eigenvalue weighted by atomic mass is 9.84. The molecule has 0 aliphatic carbocycles. The predicted octanol–water partition coefficient (Wildman–Crippen LogP) is 6.49. The monoisotopic (exact) mass is 406 g/mol. The van der Waals surface area contributed by atoms with E-state index in [0.717, 1.165) is 41.5 Å². The Morgan fingerprint density at radius 2 is 1.86 bits per heavy atom. The summed E-state index contributed by atoms with van der Waals surface area (Å²) in [7, 11) is 0. The molecule has 0 spiro atoms. The van der Waals surface area contributed by atoms with Crippen molar-refractivity contribution in [2.24, 2.45) is 0 Å². The van der Waals surface area contributed by atoms with E-state index in [4.69, 9.17) is 9.47 Å². The molecular formula is C23H25F3O3. The molecule has 2 aromatic rings. The minimum atomic E-state index is -5.07. The van der Waals surface area contributed by atoms with Gasteiger partial charge in [-0.1, -0.05) is 43.5 Å². The van der Waals surface area contributed by atoms with Crippen LogP contribution in [0, 0.1) is 6.92 Å². The molecule has 1 heterocycles. The molecule has 156 valence electrons. The number of unbranched alkanes of at least 4 members (excludes halogenated alkanes) is 2. The number of rotatable bonds is 5. The minimum Gasteiger partial charge on any atom is -0.482 e. The summed E-state index contributed by atoms with van der Waals surface area (Å²) in [6, 6.07) is 9.10. The lowest BCUT2D eigenvalue weighted by molar-refractivity contribution is -0.189. The Hall–Kier alpha value is -2.50. The maximum atomic E-state index is 12.9. The minimum absolute atomic E-state index is 0.112. The third kappa shape index (κ3) is 4.41. The maximum absolute atomic E-state index is 12.9. The summed E-state index contributed by atoms with van der Waals surface area (Å²) in [4.78, 5) is 11.6. The van der Waals surface area contributed by atoms with E-state index in [1.165, 1.54) is 6.07 Å². The summed E-state index contributed by atoms with van der Waals surface area (Å²) in [6.07, 6.45) is -1.49. The van der Waals surface area contributed by atoms with Gasteiger partial charge >= 0.3 is 12.1 Å². The average molecular weight is 406 g/mol. The van der Waals surface area contributed by atoms with Crippen LogP contribution in [0.5, 0.6) is 11.5 Å². The molecule has 0 fully saturated rings. The number of alkyl halides is 3. The van der Waals surface area contributed by atoms with E-state index >= 15 is 0 Å². The first-order chi connectivity index (χ1) is 13.5. The number of halogens is 3. The predicted molar refractivity (Wildman–Crippen MR) is 105 cm³/mol. The molecule has 0 saturated carbocycles. The quantitative estimate of drug-likeness (QED) is 0.323. The summed E-state index contributed by atoms with van der Waals surface area (Å²) in [6.45, 7) is 7.81. The third-order valence-electron chi connectivity index (χ3n) is 5.09. The molecule has 0 saturated heterocycles. The topological polar surface area (TPSA) is 35.5 Å². The highest BCUT2D eigenvalue weighted by Crippen LogP contribution is 2.50. The Morgan fingerprint density at radius 1 is 1.14 bits per heavy atom. The second-order valence-corrected chi connectivity index (χ2v) is 7.97. The van der Waals surface area contributed by atoms with Crippen molar-refractivity contribution in [2.75, 3.05) is 0 Å². The standard InChI is InChI=1S/C23H25F3O3/c1-5-6-7-8-15-12-18(28-21(27)23(24,25)26)20-16-11-14(2)9-10-17(16)22(3,4)29-19(20)13-15/h9-13H,5-8H2,1-4H3. The smallest absolute Gasteiger partial charge is 0.482 e. The summed E-state index contributed by atoms with van der Waals surface area (Å²) in [5.41, 5.74) is 3.02. The molecule has 3 rings (SSSR count). The Bertz CT molecular complexity index is 930. The van der Waals surface area contributed by atoms with Crippen LogP contribution in [0.2, 0.25) is 0 Å². The normalized spacial score (nSPS) is 14.6. The number of hydrogen-bond donors (Lipinski definition) is 0. The van der Waals surface area contributed by atoms with Gasteiger partial charge in [0.05, 0.1) is 5.56 Å². The Balaban J connectivity index is 2.16. The van der Waals surface area contributed by atoms with Crippen LogP contribution in [0.1, 0.15) is 56.7 Å². The van der Waals surface area contributed by atoms with Crippen molar-refractivity contribution < 1.29 is 27.4 Å². The highest BCUT2D eigenvalue weighted by Gasteiger charge is 2.43. The van der Waals surface area contributed by atoms with E-state index in [1.807, 2.05) is 45.0 Å². The van der Waals surface area contributed by atoms with Gasteiger partial charge in [-0.3, -0.25) is 0 Å². The second kappa shape index (κ2) is 7.73. The van der Waals surface area contributed by atoms with Gasteiger partial charge in [0.2, 0.25) is 0 Å². The molecule has 1 aliphatic heterocycles. The van der Waals surface area contributed by atoms with Crippen molar-refractivity contribution in [3.05, 3.63) is 47.0 Å². The highest BCUT2D eigenvalue weighted by atomic mass is 19.4.